The van der Waals surface area contributed by atoms with Gasteiger partial charge < -0.3 is 15.1 Å². The summed E-state index contributed by atoms with van der Waals surface area (Å²) < 4.78 is 0. The van der Waals surface area contributed by atoms with E-state index < -0.39 is 0 Å². The summed E-state index contributed by atoms with van der Waals surface area (Å²) in [6.07, 6.45) is 2.10. The van der Waals surface area contributed by atoms with Crippen LogP contribution in [0, 0.1) is 11.8 Å². The van der Waals surface area contributed by atoms with Crippen molar-refractivity contribution in [2.45, 2.75) is 32.7 Å². The van der Waals surface area contributed by atoms with Gasteiger partial charge >= 0.3 is 6.03 Å². The minimum Gasteiger partial charge on any atom is -0.330 e. The second-order valence-electron chi connectivity index (χ2n) is 7.01. The van der Waals surface area contributed by atoms with E-state index in [4.69, 9.17) is 0 Å². The van der Waals surface area contributed by atoms with Gasteiger partial charge in [0.05, 0.1) is 6.04 Å². The highest BCUT2D eigenvalue weighted by molar-refractivity contribution is 7.10. The molecule has 0 radical (unpaired) electrons. The summed E-state index contributed by atoms with van der Waals surface area (Å²) in [6, 6.07) is 4.42. The third kappa shape index (κ3) is 4.99. The van der Waals surface area contributed by atoms with Crippen LogP contribution in [0.15, 0.2) is 17.5 Å². The van der Waals surface area contributed by atoms with E-state index in [2.05, 4.69) is 55.7 Å². The zero-order valence-corrected chi connectivity index (χ0v) is 15.0. The predicted octanol–water partition coefficient (Wildman–Crippen LogP) is 3.43. The normalized spacial score (nSPS) is 19.9. The molecule has 0 spiro atoms. The van der Waals surface area contributed by atoms with Crippen LogP contribution in [0.2, 0.25) is 0 Å². The average molecular weight is 324 g/mol. The summed E-state index contributed by atoms with van der Waals surface area (Å²) in [6.45, 7) is 7.22. The highest BCUT2D eigenvalue weighted by atomic mass is 32.1. The Morgan fingerprint density at radius 1 is 1.50 bits per heavy atom. The van der Waals surface area contributed by atoms with Crippen LogP contribution >= 0.6 is 11.3 Å². The van der Waals surface area contributed by atoms with Crippen LogP contribution in [-0.2, 0) is 0 Å². The number of hydrogen-bond donors (Lipinski definition) is 1. The van der Waals surface area contributed by atoms with Gasteiger partial charge in [-0.2, -0.15) is 0 Å². The van der Waals surface area contributed by atoms with E-state index in [1.54, 1.807) is 11.3 Å². The molecule has 2 heterocycles. The van der Waals surface area contributed by atoms with Crippen molar-refractivity contribution in [1.29, 1.82) is 0 Å². The number of nitrogens with one attached hydrogen (secondary N) is 1. The van der Waals surface area contributed by atoms with Crippen LogP contribution in [0.1, 0.15) is 37.6 Å². The zero-order chi connectivity index (χ0) is 16.1. The van der Waals surface area contributed by atoms with E-state index in [1.807, 2.05) is 4.90 Å². The molecule has 1 aromatic rings. The van der Waals surface area contributed by atoms with Gasteiger partial charge in [-0.15, -0.1) is 11.3 Å². The fourth-order valence-electron chi connectivity index (χ4n) is 3.13. The second-order valence-corrected chi connectivity index (χ2v) is 7.99. The van der Waals surface area contributed by atoms with Crippen molar-refractivity contribution in [3.63, 3.8) is 0 Å². The Kier molecular flexibility index (Phi) is 6.26. The third-order valence-corrected chi connectivity index (χ3v) is 5.07. The monoisotopic (exact) mass is 323 g/mol. The van der Waals surface area contributed by atoms with Crippen molar-refractivity contribution in [3.8, 4) is 0 Å². The number of rotatable bonds is 6. The molecule has 0 unspecified atom stereocenters. The minimum atomic E-state index is 0.0975. The maximum atomic E-state index is 12.6. The Bertz CT molecular complexity index is 458. The molecule has 1 aliphatic heterocycles. The molecule has 22 heavy (non-hydrogen) atoms. The fourth-order valence-corrected chi connectivity index (χ4v) is 3.92. The summed E-state index contributed by atoms with van der Waals surface area (Å²) in [7, 11) is 4.19. The largest absolute Gasteiger partial charge is 0.330 e. The number of thiophene rings is 1. The van der Waals surface area contributed by atoms with Crippen LogP contribution in [0.25, 0.3) is 0 Å². The van der Waals surface area contributed by atoms with Gasteiger partial charge in [-0.05, 0) is 50.2 Å². The first kappa shape index (κ1) is 17.3. The lowest BCUT2D eigenvalue weighted by atomic mass is 10.0. The topological polar surface area (TPSA) is 35.6 Å². The number of nitrogens with zero attached hydrogens (tertiary/aromatic N) is 2. The number of likely N-dealkylation sites (tertiary alicyclic amines) is 1. The fraction of sp³-hybridized carbons (Fsp3) is 0.706. The van der Waals surface area contributed by atoms with Crippen LogP contribution in [0.4, 0.5) is 4.79 Å². The van der Waals surface area contributed by atoms with E-state index in [0.717, 1.165) is 32.5 Å². The highest BCUT2D eigenvalue weighted by Gasteiger charge is 2.28. The summed E-state index contributed by atoms with van der Waals surface area (Å²) in [4.78, 5) is 18.0. The minimum absolute atomic E-state index is 0.0975. The van der Waals surface area contributed by atoms with E-state index in [9.17, 15) is 4.79 Å². The second kappa shape index (κ2) is 7.97. The lowest BCUT2D eigenvalue weighted by molar-refractivity contribution is 0.199. The molecule has 0 aromatic carbocycles. The first-order chi connectivity index (χ1) is 10.5. The summed E-state index contributed by atoms with van der Waals surface area (Å²) in [5.41, 5.74) is 0. The number of urea groups is 1. The van der Waals surface area contributed by atoms with Crippen LogP contribution < -0.4 is 5.32 Å². The molecule has 0 bridgehead atoms. The van der Waals surface area contributed by atoms with E-state index >= 15 is 0 Å². The maximum Gasteiger partial charge on any atom is 0.317 e. The number of amides is 2. The van der Waals surface area contributed by atoms with Gasteiger partial charge in [0.1, 0.15) is 0 Å². The Hall–Kier alpha value is -1.07. The molecule has 124 valence electrons. The molecule has 1 aliphatic rings. The van der Waals surface area contributed by atoms with Crippen LogP contribution in [-0.4, -0.2) is 49.6 Å². The first-order valence-corrected chi connectivity index (χ1v) is 9.07. The van der Waals surface area contributed by atoms with Gasteiger partial charge in [0.15, 0.2) is 0 Å². The maximum absolute atomic E-state index is 12.6. The summed E-state index contributed by atoms with van der Waals surface area (Å²) in [5, 5.41) is 5.33. The molecule has 4 nitrogen and oxygen atoms in total. The Morgan fingerprint density at radius 2 is 2.27 bits per heavy atom. The van der Waals surface area contributed by atoms with Gasteiger partial charge in [0.2, 0.25) is 0 Å². The molecule has 1 N–H and O–H groups in total. The number of carbonyl (C=O) groups is 1. The van der Waals surface area contributed by atoms with Gasteiger partial charge in [-0.25, -0.2) is 4.79 Å². The van der Waals surface area contributed by atoms with Crippen molar-refractivity contribution in [1.82, 2.24) is 15.1 Å². The van der Waals surface area contributed by atoms with E-state index in [-0.39, 0.29) is 12.1 Å². The molecule has 0 saturated carbocycles. The van der Waals surface area contributed by atoms with Crippen molar-refractivity contribution >= 4 is 17.4 Å². The average Bonchev–Trinajstić information content (AvgIpc) is 3.07. The highest BCUT2D eigenvalue weighted by Crippen LogP contribution is 2.26. The van der Waals surface area contributed by atoms with Crippen molar-refractivity contribution in [3.05, 3.63) is 22.4 Å². The smallest absolute Gasteiger partial charge is 0.317 e. The molecule has 2 amide bonds. The molecule has 5 heteroatoms. The molecular formula is C17H29N3OS. The molecule has 2 atom stereocenters. The van der Waals surface area contributed by atoms with E-state index in [0.29, 0.717) is 11.8 Å². The zero-order valence-electron chi connectivity index (χ0n) is 14.2. The van der Waals surface area contributed by atoms with Gasteiger partial charge in [-0.1, -0.05) is 19.9 Å². The van der Waals surface area contributed by atoms with Gasteiger partial charge in [-0.3, -0.25) is 0 Å². The van der Waals surface area contributed by atoms with Gasteiger partial charge in [0, 0.05) is 24.5 Å². The van der Waals surface area contributed by atoms with Gasteiger partial charge in [0.25, 0.3) is 0 Å². The van der Waals surface area contributed by atoms with Crippen LogP contribution in [0.5, 0.6) is 0 Å². The molecule has 1 saturated heterocycles. The molecular weight excluding hydrogens is 294 g/mol. The number of carbonyl (C=O) groups excluding carboxylic acids is 1. The quantitative estimate of drug-likeness (QED) is 0.870. The van der Waals surface area contributed by atoms with Crippen molar-refractivity contribution in [2.75, 3.05) is 33.7 Å². The first-order valence-electron chi connectivity index (χ1n) is 8.19. The predicted molar refractivity (Wildman–Crippen MR) is 93.3 cm³/mol. The SMILES string of the molecule is CC(C)C[C@@H](NC(=O)N1CC[C@H](CN(C)C)C1)c1cccs1. The standard InChI is InChI=1S/C17H29N3OS/c1-13(2)10-15(16-6-5-9-22-16)18-17(21)20-8-7-14(12-20)11-19(3)4/h5-6,9,13-15H,7-8,10-12H2,1-4H3,(H,18,21)/t14-,15-/m1/s1. The third-order valence-electron chi connectivity index (χ3n) is 4.09. The van der Waals surface area contributed by atoms with Crippen molar-refractivity contribution < 1.29 is 4.79 Å². The Labute approximate surface area is 138 Å². The lowest BCUT2D eigenvalue weighted by Crippen LogP contribution is -2.41. The van der Waals surface area contributed by atoms with Crippen LogP contribution in [0.3, 0.4) is 0 Å². The Balaban J connectivity index is 1.91. The lowest BCUT2D eigenvalue weighted by Gasteiger charge is -2.24. The molecule has 2 rings (SSSR count). The Morgan fingerprint density at radius 3 is 2.86 bits per heavy atom. The molecule has 1 aromatic heterocycles. The summed E-state index contributed by atoms with van der Waals surface area (Å²) >= 11 is 1.73. The summed E-state index contributed by atoms with van der Waals surface area (Å²) in [5.74, 6) is 1.17. The van der Waals surface area contributed by atoms with E-state index in [1.165, 1.54) is 4.88 Å². The molecule has 0 aliphatic carbocycles. The number of hydrogen-bond acceptors (Lipinski definition) is 3. The molecule has 1 fully saturated rings. The van der Waals surface area contributed by atoms with Crippen molar-refractivity contribution in [2.24, 2.45) is 11.8 Å².